The first-order chi connectivity index (χ1) is 9.70. The van der Waals surface area contributed by atoms with Gasteiger partial charge >= 0.3 is 0 Å². The Morgan fingerprint density at radius 2 is 1.70 bits per heavy atom. The molecule has 2 rings (SSSR count). The molecule has 0 radical (unpaired) electrons. The van der Waals surface area contributed by atoms with Gasteiger partial charge in [0.25, 0.3) is 0 Å². The number of nitrogens with one attached hydrogen (secondary N) is 1. The molecule has 20 heavy (non-hydrogen) atoms. The summed E-state index contributed by atoms with van der Waals surface area (Å²) in [6.45, 7) is 2.67. The van der Waals surface area contributed by atoms with Crippen LogP contribution in [0.5, 0.6) is 0 Å². The van der Waals surface area contributed by atoms with Gasteiger partial charge < -0.3 is 10.2 Å². The fourth-order valence-electron chi connectivity index (χ4n) is 1.98. The van der Waals surface area contributed by atoms with Crippen LogP contribution in [0.15, 0.2) is 54.6 Å². The quantitative estimate of drug-likeness (QED) is 0.897. The fraction of sp³-hybridized carbons (Fsp3) is 0.235. The Kier molecular flexibility index (Phi) is 4.77. The second kappa shape index (κ2) is 6.75. The van der Waals surface area contributed by atoms with Crippen molar-refractivity contribution in [2.24, 2.45) is 0 Å². The van der Waals surface area contributed by atoms with E-state index in [-0.39, 0.29) is 5.91 Å². The van der Waals surface area contributed by atoms with Crippen molar-refractivity contribution in [2.75, 3.05) is 17.3 Å². The Labute approximate surface area is 120 Å². The predicted octanol–water partition coefficient (Wildman–Crippen LogP) is 3.67. The first kappa shape index (κ1) is 14.1. The molecule has 1 N–H and O–H groups in total. The highest BCUT2D eigenvalue weighted by Crippen LogP contribution is 2.18. The Morgan fingerprint density at radius 3 is 2.30 bits per heavy atom. The van der Waals surface area contributed by atoms with Gasteiger partial charge in [-0.3, -0.25) is 4.79 Å². The van der Waals surface area contributed by atoms with Gasteiger partial charge in [-0.1, -0.05) is 37.3 Å². The topological polar surface area (TPSA) is 32.3 Å². The van der Waals surface area contributed by atoms with Crippen LogP contribution in [0.1, 0.15) is 18.9 Å². The normalized spacial score (nSPS) is 10.1. The van der Waals surface area contributed by atoms with Crippen LogP contribution in [-0.4, -0.2) is 13.0 Å². The van der Waals surface area contributed by atoms with E-state index in [0.717, 1.165) is 17.9 Å². The van der Waals surface area contributed by atoms with E-state index in [4.69, 9.17) is 0 Å². The lowest BCUT2D eigenvalue weighted by Crippen LogP contribution is -2.24. The lowest BCUT2D eigenvalue weighted by atomic mass is 10.2. The van der Waals surface area contributed by atoms with Gasteiger partial charge in [-0.15, -0.1) is 0 Å². The summed E-state index contributed by atoms with van der Waals surface area (Å²) in [5.41, 5.74) is 3.21. The molecule has 0 unspecified atom stereocenters. The Hall–Kier alpha value is -2.29. The van der Waals surface area contributed by atoms with E-state index >= 15 is 0 Å². The van der Waals surface area contributed by atoms with E-state index in [1.807, 2.05) is 49.4 Å². The summed E-state index contributed by atoms with van der Waals surface area (Å²) in [4.78, 5) is 13.3. The first-order valence-corrected chi connectivity index (χ1v) is 6.85. The smallest absolute Gasteiger partial charge is 0.226 e. The number of carbonyl (C=O) groups excluding carboxylic acids is 1. The summed E-state index contributed by atoms with van der Waals surface area (Å²) in [6.07, 6.45) is 0.518. The molecule has 0 heterocycles. The average molecular weight is 268 g/mol. The molecule has 0 aliphatic carbocycles. The second-order valence-corrected chi connectivity index (χ2v) is 4.69. The van der Waals surface area contributed by atoms with Crippen LogP contribution in [-0.2, 0) is 11.3 Å². The van der Waals surface area contributed by atoms with Crippen molar-refractivity contribution in [2.45, 2.75) is 19.9 Å². The van der Waals surface area contributed by atoms with Gasteiger partial charge in [-0.05, 0) is 29.8 Å². The maximum Gasteiger partial charge on any atom is 0.226 e. The molecule has 0 saturated carbocycles. The fourth-order valence-corrected chi connectivity index (χ4v) is 1.98. The minimum Gasteiger partial charge on any atom is -0.381 e. The predicted molar refractivity (Wildman–Crippen MR) is 83.9 cm³/mol. The van der Waals surface area contributed by atoms with Gasteiger partial charge in [0.15, 0.2) is 0 Å². The van der Waals surface area contributed by atoms with Crippen LogP contribution >= 0.6 is 0 Å². The first-order valence-electron chi connectivity index (χ1n) is 6.85. The minimum atomic E-state index is 0.120. The maximum absolute atomic E-state index is 11.6. The third-order valence-electron chi connectivity index (χ3n) is 3.27. The molecular weight excluding hydrogens is 248 g/mol. The van der Waals surface area contributed by atoms with Crippen molar-refractivity contribution in [1.29, 1.82) is 0 Å². The van der Waals surface area contributed by atoms with E-state index in [1.54, 1.807) is 11.9 Å². The summed E-state index contributed by atoms with van der Waals surface area (Å²) in [7, 11) is 1.80. The zero-order chi connectivity index (χ0) is 14.4. The molecule has 3 nitrogen and oxygen atoms in total. The Morgan fingerprint density at radius 1 is 1.05 bits per heavy atom. The van der Waals surface area contributed by atoms with Crippen LogP contribution < -0.4 is 10.2 Å². The van der Waals surface area contributed by atoms with Gasteiger partial charge in [0.05, 0.1) is 0 Å². The van der Waals surface area contributed by atoms with Crippen molar-refractivity contribution in [1.82, 2.24) is 0 Å². The highest BCUT2D eigenvalue weighted by atomic mass is 16.2. The molecule has 3 heteroatoms. The highest BCUT2D eigenvalue weighted by Gasteiger charge is 2.07. The summed E-state index contributed by atoms with van der Waals surface area (Å²) in [5.74, 6) is 0.120. The van der Waals surface area contributed by atoms with Crippen LogP contribution in [0.4, 0.5) is 11.4 Å². The largest absolute Gasteiger partial charge is 0.381 e. The van der Waals surface area contributed by atoms with Gasteiger partial charge in [-0.25, -0.2) is 0 Å². The van der Waals surface area contributed by atoms with Crippen LogP contribution in [0, 0.1) is 0 Å². The SMILES string of the molecule is CCC(=O)N(C)c1ccc(NCc2ccccc2)cc1. The molecule has 0 atom stereocenters. The van der Waals surface area contributed by atoms with E-state index in [1.165, 1.54) is 5.56 Å². The number of benzene rings is 2. The minimum absolute atomic E-state index is 0.120. The second-order valence-electron chi connectivity index (χ2n) is 4.69. The molecule has 0 saturated heterocycles. The Balaban J connectivity index is 1.96. The molecule has 0 aromatic heterocycles. The molecule has 0 bridgehead atoms. The highest BCUT2D eigenvalue weighted by molar-refractivity contribution is 5.92. The number of hydrogen-bond acceptors (Lipinski definition) is 2. The van der Waals surface area contributed by atoms with E-state index < -0.39 is 0 Å². The molecular formula is C17H20N2O. The summed E-state index contributed by atoms with van der Waals surface area (Å²) in [5, 5.41) is 3.37. The average Bonchev–Trinajstić information content (AvgIpc) is 2.53. The zero-order valence-electron chi connectivity index (χ0n) is 12.0. The lowest BCUT2D eigenvalue weighted by Gasteiger charge is -2.17. The number of anilines is 2. The third-order valence-corrected chi connectivity index (χ3v) is 3.27. The molecule has 2 aromatic carbocycles. The monoisotopic (exact) mass is 268 g/mol. The van der Waals surface area contributed by atoms with E-state index in [0.29, 0.717) is 6.42 Å². The molecule has 0 spiro atoms. The summed E-state index contributed by atoms with van der Waals surface area (Å²) >= 11 is 0. The standard InChI is InChI=1S/C17H20N2O/c1-3-17(20)19(2)16-11-9-15(10-12-16)18-13-14-7-5-4-6-8-14/h4-12,18H,3,13H2,1-2H3. The van der Waals surface area contributed by atoms with Gasteiger partial charge in [0.2, 0.25) is 5.91 Å². The van der Waals surface area contributed by atoms with E-state index in [9.17, 15) is 4.79 Å². The molecule has 2 aromatic rings. The number of rotatable bonds is 5. The Bertz CT molecular complexity index is 549. The van der Waals surface area contributed by atoms with Crippen molar-refractivity contribution in [3.8, 4) is 0 Å². The summed E-state index contributed by atoms with van der Waals surface area (Å²) in [6, 6.07) is 18.2. The molecule has 0 aliphatic rings. The number of nitrogens with zero attached hydrogens (tertiary/aromatic N) is 1. The van der Waals surface area contributed by atoms with Gasteiger partial charge in [-0.2, -0.15) is 0 Å². The van der Waals surface area contributed by atoms with Crippen molar-refractivity contribution in [3.05, 3.63) is 60.2 Å². The lowest BCUT2D eigenvalue weighted by molar-refractivity contribution is -0.118. The molecule has 0 aliphatic heterocycles. The number of carbonyl (C=O) groups is 1. The van der Waals surface area contributed by atoms with Crippen molar-refractivity contribution in [3.63, 3.8) is 0 Å². The van der Waals surface area contributed by atoms with Crippen molar-refractivity contribution < 1.29 is 4.79 Å². The van der Waals surface area contributed by atoms with Crippen LogP contribution in [0.3, 0.4) is 0 Å². The number of hydrogen-bond donors (Lipinski definition) is 1. The van der Waals surface area contributed by atoms with Gasteiger partial charge in [0, 0.05) is 31.4 Å². The molecule has 104 valence electrons. The van der Waals surface area contributed by atoms with E-state index in [2.05, 4.69) is 17.4 Å². The van der Waals surface area contributed by atoms with Crippen LogP contribution in [0.25, 0.3) is 0 Å². The molecule has 1 amide bonds. The van der Waals surface area contributed by atoms with Crippen molar-refractivity contribution >= 4 is 17.3 Å². The molecule has 0 fully saturated rings. The van der Waals surface area contributed by atoms with Gasteiger partial charge in [0.1, 0.15) is 0 Å². The number of amides is 1. The maximum atomic E-state index is 11.6. The zero-order valence-corrected chi connectivity index (χ0v) is 12.0. The summed E-state index contributed by atoms with van der Waals surface area (Å²) < 4.78 is 0. The third kappa shape index (κ3) is 3.60. The van der Waals surface area contributed by atoms with Crippen LogP contribution in [0.2, 0.25) is 0 Å².